The molecule has 0 fully saturated rings. The van der Waals surface area contributed by atoms with Gasteiger partial charge in [0, 0.05) is 43.7 Å². The van der Waals surface area contributed by atoms with Crippen molar-refractivity contribution < 1.29 is 28.5 Å². The average molecular weight is 553 g/mol. The van der Waals surface area contributed by atoms with Gasteiger partial charge in [-0.15, -0.1) is 0 Å². The number of benzene rings is 1. The summed E-state index contributed by atoms with van der Waals surface area (Å²) in [5.74, 6) is 0.498. The molecule has 0 bridgehead atoms. The number of methoxy groups -OCH3 is 3. The first-order valence-electron chi connectivity index (χ1n) is 12.4. The third-order valence-corrected chi connectivity index (χ3v) is 7.09. The van der Waals surface area contributed by atoms with Crippen LogP contribution >= 0.6 is 11.8 Å². The zero-order valence-electron chi connectivity index (χ0n) is 22.4. The number of hydrogen-bond donors (Lipinski definition) is 1. The van der Waals surface area contributed by atoms with Gasteiger partial charge in [-0.1, -0.05) is 17.8 Å². The minimum Gasteiger partial charge on any atom is -0.497 e. The molecule has 0 spiro atoms. The summed E-state index contributed by atoms with van der Waals surface area (Å²) in [6.07, 6.45) is 2.47. The maximum atomic E-state index is 13.4. The smallest absolute Gasteiger partial charge is 0.338 e. The van der Waals surface area contributed by atoms with Crippen molar-refractivity contribution >= 4 is 28.8 Å². The molecule has 1 aromatic heterocycles. The lowest BCUT2D eigenvalue weighted by Gasteiger charge is -2.36. The first-order valence-corrected chi connectivity index (χ1v) is 13.3. The van der Waals surface area contributed by atoms with E-state index in [1.54, 1.807) is 40.5 Å². The highest BCUT2D eigenvalue weighted by molar-refractivity contribution is 8.16. The predicted molar refractivity (Wildman–Crippen MR) is 148 cm³/mol. The van der Waals surface area contributed by atoms with E-state index >= 15 is 0 Å². The number of aliphatic imine (C=N–C) groups is 1. The highest BCUT2D eigenvalue weighted by Gasteiger charge is 2.41. The van der Waals surface area contributed by atoms with E-state index in [0.717, 1.165) is 17.0 Å². The van der Waals surface area contributed by atoms with E-state index in [-0.39, 0.29) is 25.5 Å². The van der Waals surface area contributed by atoms with Crippen molar-refractivity contribution in [3.05, 3.63) is 76.2 Å². The standard InChI is InChI=1S/C28H32N4O6S/c1-18-25(27(34)38-12-11-35-2)26(19-13-22(36-3)16-23(14-19)37-4)32-21(17-39-28(32)31-18)15-24(33)30-10-8-20-7-5-6-9-29-20/h5-7,9,13-14,16-17,26H,8,10-12,15H2,1-4H3,(H,30,33). The number of fused-ring (bicyclic) bond motifs is 1. The fraction of sp³-hybridized carbons (Fsp3) is 0.357. The van der Waals surface area contributed by atoms with E-state index < -0.39 is 12.0 Å². The van der Waals surface area contributed by atoms with Crippen LogP contribution in [0.1, 0.15) is 30.6 Å². The van der Waals surface area contributed by atoms with Gasteiger partial charge < -0.3 is 29.2 Å². The van der Waals surface area contributed by atoms with E-state index in [4.69, 9.17) is 23.9 Å². The SMILES string of the molecule is COCCOC(=O)C1=C(C)N=C2SC=C(CC(=O)NCCc3ccccn3)N2C1c1cc(OC)cc(OC)c1. The number of allylic oxidation sites excluding steroid dienone is 1. The lowest BCUT2D eigenvalue weighted by Crippen LogP contribution is -2.38. The van der Waals surface area contributed by atoms with Gasteiger partial charge in [0.1, 0.15) is 18.1 Å². The van der Waals surface area contributed by atoms with E-state index in [9.17, 15) is 9.59 Å². The molecule has 1 atom stereocenters. The molecule has 1 amide bonds. The van der Waals surface area contributed by atoms with Gasteiger partial charge in [0.25, 0.3) is 0 Å². The fourth-order valence-electron chi connectivity index (χ4n) is 4.33. The highest BCUT2D eigenvalue weighted by Crippen LogP contribution is 2.46. The third-order valence-electron chi connectivity index (χ3n) is 6.20. The Labute approximate surface area is 232 Å². The minimum absolute atomic E-state index is 0.104. The zero-order chi connectivity index (χ0) is 27.8. The Morgan fingerprint density at radius 3 is 2.51 bits per heavy atom. The molecule has 1 unspecified atom stereocenters. The van der Waals surface area contributed by atoms with E-state index in [1.807, 2.05) is 40.6 Å². The topological polar surface area (TPSA) is 112 Å². The highest BCUT2D eigenvalue weighted by atomic mass is 32.2. The number of pyridine rings is 1. The molecule has 11 heteroatoms. The molecule has 2 aliphatic rings. The number of esters is 1. The van der Waals surface area contributed by atoms with Crippen molar-refractivity contribution in [3.8, 4) is 11.5 Å². The molecule has 39 heavy (non-hydrogen) atoms. The quantitative estimate of drug-likeness (QED) is 0.312. The summed E-state index contributed by atoms with van der Waals surface area (Å²) >= 11 is 1.41. The normalized spacial score (nSPS) is 16.3. The van der Waals surface area contributed by atoms with Crippen LogP contribution in [0, 0.1) is 0 Å². The molecule has 4 rings (SSSR count). The maximum Gasteiger partial charge on any atom is 0.338 e. The molecule has 0 radical (unpaired) electrons. The van der Waals surface area contributed by atoms with Crippen LogP contribution < -0.4 is 14.8 Å². The number of nitrogens with one attached hydrogen (secondary N) is 1. The van der Waals surface area contributed by atoms with Crippen LogP contribution in [0.3, 0.4) is 0 Å². The number of thioether (sulfide) groups is 1. The Hall–Kier alpha value is -3.83. The van der Waals surface area contributed by atoms with Crippen LogP contribution in [0.4, 0.5) is 0 Å². The molecule has 0 aliphatic carbocycles. The first kappa shape index (κ1) is 28.2. The van der Waals surface area contributed by atoms with Crippen LogP contribution in [0.25, 0.3) is 0 Å². The Balaban J connectivity index is 1.61. The summed E-state index contributed by atoms with van der Waals surface area (Å²) in [6, 6.07) is 10.5. The minimum atomic E-state index is -0.612. The number of amides is 1. The van der Waals surface area contributed by atoms with Crippen molar-refractivity contribution in [3.63, 3.8) is 0 Å². The van der Waals surface area contributed by atoms with Crippen molar-refractivity contribution in [2.24, 2.45) is 4.99 Å². The van der Waals surface area contributed by atoms with Crippen LogP contribution in [0.5, 0.6) is 11.5 Å². The molecule has 206 valence electrons. The van der Waals surface area contributed by atoms with E-state index in [2.05, 4.69) is 10.3 Å². The number of aromatic nitrogens is 1. The van der Waals surface area contributed by atoms with Crippen molar-refractivity contribution in [1.82, 2.24) is 15.2 Å². The number of ether oxygens (including phenoxy) is 4. The zero-order valence-corrected chi connectivity index (χ0v) is 23.2. The van der Waals surface area contributed by atoms with Crippen LogP contribution in [-0.4, -0.2) is 68.0 Å². The summed E-state index contributed by atoms with van der Waals surface area (Å²) < 4.78 is 21.6. The number of nitrogens with zero attached hydrogens (tertiary/aromatic N) is 3. The van der Waals surface area contributed by atoms with Gasteiger partial charge in [0.2, 0.25) is 5.91 Å². The second-order valence-corrected chi connectivity index (χ2v) is 9.60. The number of amidine groups is 1. The number of carbonyl (C=O) groups excluding carboxylic acids is 2. The summed E-state index contributed by atoms with van der Waals surface area (Å²) in [6.45, 7) is 2.62. The lowest BCUT2D eigenvalue weighted by atomic mass is 9.93. The Bertz CT molecular complexity index is 1270. The van der Waals surface area contributed by atoms with Gasteiger partial charge in [-0.25, -0.2) is 9.79 Å². The average Bonchev–Trinajstić information content (AvgIpc) is 3.34. The Morgan fingerprint density at radius 2 is 1.85 bits per heavy atom. The van der Waals surface area contributed by atoms with Crippen molar-refractivity contribution in [2.75, 3.05) is 41.1 Å². The molecule has 3 heterocycles. The van der Waals surface area contributed by atoms with E-state index in [0.29, 0.717) is 40.9 Å². The van der Waals surface area contributed by atoms with Crippen LogP contribution in [0.2, 0.25) is 0 Å². The molecule has 0 saturated heterocycles. The molecule has 0 saturated carbocycles. The Kier molecular flexibility index (Phi) is 9.61. The van der Waals surface area contributed by atoms with Crippen molar-refractivity contribution in [1.29, 1.82) is 0 Å². The van der Waals surface area contributed by atoms with Gasteiger partial charge in [0.05, 0.1) is 44.6 Å². The summed E-state index contributed by atoms with van der Waals surface area (Å²) in [5, 5.41) is 5.54. The second-order valence-electron chi connectivity index (χ2n) is 8.77. The molecule has 1 aromatic carbocycles. The second kappa shape index (κ2) is 13.3. The number of rotatable bonds is 12. The van der Waals surface area contributed by atoms with Gasteiger partial charge in [0.15, 0.2) is 5.17 Å². The summed E-state index contributed by atoms with van der Waals surface area (Å²) in [7, 11) is 4.68. The fourth-order valence-corrected chi connectivity index (χ4v) is 5.30. The molecule has 2 aliphatic heterocycles. The van der Waals surface area contributed by atoms with Gasteiger partial charge in [-0.2, -0.15) is 0 Å². The first-order chi connectivity index (χ1) is 18.9. The number of carbonyl (C=O) groups is 2. The monoisotopic (exact) mass is 552 g/mol. The largest absolute Gasteiger partial charge is 0.497 e. The maximum absolute atomic E-state index is 13.4. The van der Waals surface area contributed by atoms with Gasteiger partial charge in [-0.05, 0) is 42.2 Å². The molecule has 1 N–H and O–H groups in total. The number of hydrogen-bond acceptors (Lipinski definition) is 10. The van der Waals surface area contributed by atoms with Crippen LogP contribution in [0.15, 0.2) is 70.0 Å². The van der Waals surface area contributed by atoms with Gasteiger partial charge >= 0.3 is 5.97 Å². The molecule has 10 nitrogen and oxygen atoms in total. The summed E-state index contributed by atoms with van der Waals surface area (Å²) in [4.78, 5) is 37.2. The van der Waals surface area contributed by atoms with Crippen LogP contribution in [-0.2, 0) is 25.5 Å². The molecule has 2 aromatic rings. The van der Waals surface area contributed by atoms with E-state index in [1.165, 1.54) is 11.8 Å². The molecular formula is C28H32N4O6S. The van der Waals surface area contributed by atoms with Gasteiger partial charge in [-0.3, -0.25) is 9.78 Å². The Morgan fingerprint density at radius 1 is 1.08 bits per heavy atom. The van der Waals surface area contributed by atoms with Crippen molar-refractivity contribution in [2.45, 2.75) is 25.8 Å². The lowest BCUT2D eigenvalue weighted by molar-refractivity contribution is -0.141. The summed E-state index contributed by atoms with van der Waals surface area (Å²) in [5.41, 5.74) is 3.27. The molecular weight excluding hydrogens is 520 g/mol. The predicted octanol–water partition coefficient (Wildman–Crippen LogP) is 3.61. The third kappa shape index (κ3) is 6.79.